The molecule has 0 aliphatic carbocycles. The number of hydrogen-bond acceptors (Lipinski definition) is 3. The minimum atomic E-state index is -0.627. The minimum Gasteiger partial charge on any atom is -0.453 e. The molecular weight excluding hydrogens is 237 g/mol. The lowest BCUT2D eigenvalue weighted by Crippen LogP contribution is -2.37. The van der Waals surface area contributed by atoms with Gasteiger partial charge in [-0.05, 0) is 25.0 Å². The van der Waals surface area contributed by atoms with Crippen LogP contribution in [0.4, 0.5) is 9.18 Å². The second kappa shape index (κ2) is 6.74. The Hall–Kier alpha value is -1.91. The van der Waals surface area contributed by atoms with E-state index in [1.54, 1.807) is 18.2 Å². The van der Waals surface area contributed by atoms with Crippen LogP contribution in [0.5, 0.6) is 0 Å². The summed E-state index contributed by atoms with van der Waals surface area (Å²) in [5.74, 6) is -0.425. The average Bonchev–Trinajstić information content (AvgIpc) is 2.31. The van der Waals surface area contributed by atoms with Gasteiger partial charge in [-0.15, -0.1) is 0 Å². The Kier molecular flexibility index (Phi) is 5.30. The van der Waals surface area contributed by atoms with Crippen molar-refractivity contribution in [3.63, 3.8) is 0 Å². The second-order valence-corrected chi connectivity index (χ2v) is 4.03. The van der Waals surface area contributed by atoms with E-state index in [-0.39, 0.29) is 24.4 Å². The predicted molar refractivity (Wildman–Crippen MR) is 64.7 cm³/mol. The third-order valence-corrected chi connectivity index (χ3v) is 2.47. The Balaban J connectivity index is 2.74. The van der Waals surface area contributed by atoms with Gasteiger partial charge in [-0.1, -0.05) is 18.2 Å². The number of carbonyl (C=O) groups is 2. The number of methoxy groups -OCH3 is 1. The smallest absolute Gasteiger partial charge is 0.407 e. The molecule has 0 aromatic heterocycles. The molecule has 5 heteroatoms. The molecule has 0 spiro atoms. The first kappa shape index (κ1) is 14.2. The number of amides is 1. The first-order valence-corrected chi connectivity index (χ1v) is 5.60. The molecule has 0 aliphatic heterocycles. The molecule has 1 amide bonds. The molecule has 1 N–H and O–H groups in total. The summed E-state index contributed by atoms with van der Waals surface area (Å²) in [4.78, 5) is 22.3. The van der Waals surface area contributed by atoms with Crippen molar-refractivity contribution < 1.29 is 18.7 Å². The van der Waals surface area contributed by atoms with Crippen LogP contribution in [0.3, 0.4) is 0 Å². The van der Waals surface area contributed by atoms with Crippen LogP contribution in [-0.4, -0.2) is 25.0 Å². The van der Waals surface area contributed by atoms with Gasteiger partial charge < -0.3 is 10.1 Å². The first-order valence-electron chi connectivity index (χ1n) is 5.60. The molecule has 1 atom stereocenters. The molecule has 1 rings (SSSR count). The van der Waals surface area contributed by atoms with E-state index >= 15 is 0 Å². The zero-order valence-corrected chi connectivity index (χ0v) is 10.4. The molecule has 4 nitrogen and oxygen atoms in total. The molecule has 0 bridgehead atoms. The molecule has 1 aromatic rings. The summed E-state index contributed by atoms with van der Waals surface area (Å²) in [6.07, 6.45) is -0.234. The molecule has 0 saturated carbocycles. The van der Waals surface area contributed by atoms with Crippen molar-refractivity contribution >= 4 is 11.9 Å². The third kappa shape index (κ3) is 4.53. The monoisotopic (exact) mass is 253 g/mol. The van der Waals surface area contributed by atoms with Crippen LogP contribution in [-0.2, 0) is 16.0 Å². The fraction of sp³-hybridized carbons (Fsp3) is 0.385. The highest BCUT2D eigenvalue weighted by molar-refractivity contribution is 5.77. The Morgan fingerprint density at radius 3 is 2.61 bits per heavy atom. The van der Waals surface area contributed by atoms with Crippen molar-refractivity contribution in [1.82, 2.24) is 5.32 Å². The van der Waals surface area contributed by atoms with Crippen LogP contribution in [0.15, 0.2) is 24.3 Å². The van der Waals surface area contributed by atoms with Gasteiger partial charge in [-0.25, -0.2) is 9.18 Å². The first-order chi connectivity index (χ1) is 8.52. The summed E-state index contributed by atoms with van der Waals surface area (Å²) in [5.41, 5.74) is 0.458. The Labute approximate surface area is 105 Å². The largest absolute Gasteiger partial charge is 0.453 e. The van der Waals surface area contributed by atoms with Crippen LogP contribution in [0.25, 0.3) is 0 Å². The van der Waals surface area contributed by atoms with Gasteiger partial charge >= 0.3 is 6.09 Å². The molecule has 0 aliphatic rings. The van der Waals surface area contributed by atoms with Crippen molar-refractivity contribution in [2.24, 2.45) is 0 Å². The zero-order valence-electron chi connectivity index (χ0n) is 10.4. The van der Waals surface area contributed by atoms with Crippen molar-refractivity contribution in [1.29, 1.82) is 0 Å². The number of halogens is 1. The number of hydrogen-bond donors (Lipinski definition) is 1. The highest BCUT2D eigenvalue weighted by Crippen LogP contribution is 2.11. The predicted octanol–water partition coefficient (Wildman–Crippen LogP) is 2.07. The maximum absolute atomic E-state index is 13.5. The summed E-state index contributed by atoms with van der Waals surface area (Å²) in [5, 5.41) is 2.53. The fourth-order valence-electron chi connectivity index (χ4n) is 1.68. The van der Waals surface area contributed by atoms with Gasteiger partial charge in [0.2, 0.25) is 0 Å². The van der Waals surface area contributed by atoms with Gasteiger partial charge in [0, 0.05) is 12.5 Å². The van der Waals surface area contributed by atoms with Gasteiger partial charge in [0.1, 0.15) is 11.6 Å². The van der Waals surface area contributed by atoms with Crippen molar-refractivity contribution in [3.05, 3.63) is 35.6 Å². The van der Waals surface area contributed by atoms with Gasteiger partial charge in [0.15, 0.2) is 0 Å². The van der Waals surface area contributed by atoms with E-state index in [4.69, 9.17) is 0 Å². The lowest BCUT2D eigenvalue weighted by Gasteiger charge is -2.17. The quantitative estimate of drug-likeness (QED) is 0.874. The van der Waals surface area contributed by atoms with Crippen LogP contribution >= 0.6 is 0 Å². The molecule has 1 aromatic carbocycles. The molecule has 0 unspecified atom stereocenters. The van der Waals surface area contributed by atoms with E-state index in [1.165, 1.54) is 20.1 Å². The molecule has 98 valence electrons. The summed E-state index contributed by atoms with van der Waals surface area (Å²) in [6.45, 7) is 1.42. The SMILES string of the molecule is COC(=O)N[C@@H](CC(C)=O)Cc1ccccc1F. The van der Waals surface area contributed by atoms with E-state index < -0.39 is 12.1 Å². The Bertz CT molecular complexity index is 434. The van der Waals surface area contributed by atoms with Crippen LogP contribution < -0.4 is 5.32 Å². The fourth-order valence-corrected chi connectivity index (χ4v) is 1.68. The normalized spacial score (nSPS) is 11.7. The van der Waals surface area contributed by atoms with Crippen molar-refractivity contribution in [2.45, 2.75) is 25.8 Å². The molecule has 18 heavy (non-hydrogen) atoms. The number of carbonyl (C=O) groups excluding carboxylic acids is 2. The summed E-state index contributed by atoms with van der Waals surface area (Å²) < 4.78 is 18.0. The van der Waals surface area contributed by atoms with E-state index in [9.17, 15) is 14.0 Å². The zero-order chi connectivity index (χ0) is 13.5. The highest BCUT2D eigenvalue weighted by Gasteiger charge is 2.16. The average molecular weight is 253 g/mol. The van der Waals surface area contributed by atoms with Crippen molar-refractivity contribution in [3.8, 4) is 0 Å². The van der Waals surface area contributed by atoms with Gasteiger partial charge in [0.05, 0.1) is 7.11 Å². The maximum atomic E-state index is 13.5. The number of alkyl carbamates (subject to hydrolysis) is 1. The second-order valence-electron chi connectivity index (χ2n) is 4.03. The van der Waals surface area contributed by atoms with Gasteiger partial charge in [-0.2, -0.15) is 0 Å². The van der Waals surface area contributed by atoms with Gasteiger partial charge in [-0.3, -0.25) is 4.79 Å². The lowest BCUT2D eigenvalue weighted by molar-refractivity contribution is -0.117. The van der Waals surface area contributed by atoms with E-state index in [1.807, 2.05) is 0 Å². The third-order valence-electron chi connectivity index (χ3n) is 2.47. The topological polar surface area (TPSA) is 55.4 Å². The Morgan fingerprint density at radius 2 is 2.06 bits per heavy atom. The minimum absolute atomic E-state index is 0.0762. The molecular formula is C13H16FNO3. The molecule has 0 heterocycles. The number of Topliss-reactive ketones (excluding diaryl/α,β-unsaturated/α-hetero) is 1. The van der Waals surface area contributed by atoms with Crippen molar-refractivity contribution in [2.75, 3.05) is 7.11 Å². The molecule has 0 fully saturated rings. The van der Waals surface area contributed by atoms with Crippen LogP contribution in [0.2, 0.25) is 0 Å². The summed E-state index contributed by atoms with van der Waals surface area (Å²) >= 11 is 0. The summed E-state index contributed by atoms with van der Waals surface area (Å²) in [6, 6.07) is 5.81. The highest BCUT2D eigenvalue weighted by atomic mass is 19.1. The number of ether oxygens (including phenoxy) is 1. The number of benzene rings is 1. The molecule has 0 saturated heterocycles. The standard InChI is InChI=1S/C13H16FNO3/c1-9(16)7-11(15-13(17)18-2)8-10-5-3-4-6-12(10)14/h3-6,11H,7-8H2,1-2H3,(H,15,17)/t11-/m0/s1. The molecule has 0 radical (unpaired) electrons. The van der Waals surface area contributed by atoms with E-state index in [2.05, 4.69) is 10.1 Å². The van der Waals surface area contributed by atoms with Gasteiger partial charge in [0.25, 0.3) is 0 Å². The summed E-state index contributed by atoms with van der Waals surface area (Å²) in [7, 11) is 1.24. The Morgan fingerprint density at radius 1 is 1.39 bits per heavy atom. The van der Waals surface area contributed by atoms with E-state index in [0.29, 0.717) is 5.56 Å². The van der Waals surface area contributed by atoms with E-state index in [0.717, 1.165) is 0 Å². The number of ketones is 1. The van der Waals surface area contributed by atoms with Crippen LogP contribution in [0, 0.1) is 5.82 Å². The lowest BCUT2D eigenvalue weighted by atomic mass is 10.0. The number of nitrogens with one attached hydrogen (secondary N) is 1. The maximum Gasteiger partial charge on any atom is 0.407 e. The van der Waals surface area contributed by atoms with Crippen LogP contribution in [0.1, 0.15) is 18.9 Å². The number of rotatable bonds is 5.